The van der Waals surface area contributed by atoms with Crippen LogP contribution in [0.5, 0.6) is 0 Å². The number of carbonyl (C=O) groups is 2. The van der Waals surface area contributed by atoms with Crippen LogP contribution in [0, 0.1) is 11.8 Å². The predicted molar refractivity (Wildman–Crippen MR) is 110 cm³/mol. The van der Waals surface area contributed by atoms with Crippen molar-refractivity contribution in [2.24, 2.45) is 11.8 Å². The molecule has 28 heavy (non-hydrogen) atoms. The summed E-state index contributed by atoms with van der Waals surface area (Å²) in [5, 5.41) is 26.3. The molecule has 1 rings (SSSR count). The van der Waals surface area contributed by atoms with Crippen LogP contribution in [0.15, 0.2) is 0 Å². The molecular formula is C20H40N4O4. The normalized spacial score (nSPS) is 24.5. The number of rotatable bonds is 10. The lowest BCUT2D eigenvalue weighted by atomic mass is 9.81. The van der Waals surface area contributed by atoms with Gasteiger partial charge in [0.05, 0.1) is 11.2 Å². The maximum Gasteiger partial charge on any atom is 0.223 e. The summed E-state index contributed by atoms with van der Waals surface area (Å²) in [6.45, 7) is 4.78. The average molecular weight is 401 g/mol. The molecule has 0 aromatic rings. The lowest BCUT2D eigenvalue weighted by Gasteiger charge is -2.31. The van der Waals surface area contributed by atoms with Crippen LogP contribution >= 0.6 is 0 Å². The molecule has 0 radical (unpaired) electrons. The Bertz CT molecular complexity index is 466. The quantitative estimate of drug-likeness (QED) is 0.400. The van der Waals surface area contributed by atoms with Crippen molar-refractivity contribution in [3.05, 3.63) is 0 Å². The van der Waals surface area contributed by atoms with Crippen LogP contribution < -0.4 is 10.6 Å². The zero-order valence-electron chi connectivity index (χ0n) is 18.4. The number of nitrogens with zero attached hydrogens (tertiary/aromatic N) is 2. The third-order valence-electron chi connectivity index (χ3n) is 5.07. The van der Waals surface area contributed by atoms with Crippen LogP contribution in [0.25, 0.3) is 0 Å². The van der Waals surface area contributed by atoms with Gasteiger partial charge in [0, 0.05) is 38.0 Å². The van der Waals surface area contributed by atoms with Gasteiger partial charge in [-0.3, -0.25) is 9.59 Å². The van der Waals surface area contributed by atoms with E-state index in [1.54, 1.807) is 13.8 Å². The van der Waals surface area contributed by atoms with Crippen LogP contribution in [-0.2, 0) is 9.59 Å². The summed E-state index contributed by atoms with van der Waals surface area (Å²) in [6.07, 6.45) is 2.64. The van der Waals surface area contributed by atoms with Gasteiger partial charge in [0.25, 0.3) is 0 Å². The number of hydrogen-bond donors (Lipinski definition) is 4. The smallest absolute Gasteiger partial charge is 0.223 e. The first-order valence-electron chi connectivity index (χ1n) is 10.1. The van der Waals surface area contributed by atoms with Gasteiger partial charge in [-0.05, 0) is 67.7 Å². The lowest BCUT2D eigenvalue weighted by molar-refractivity contribution is -0.131. The minimum atomic E-state index is -0.972. The average Bonchev–Trinajstić information content (AvgIpc) is 2.55. The molecule has 2 amide bonds. The van der Waals surface area contributed by atoms with Gasteiger partial charge in [0.15, 0.2) is 0 Å². The Morgan fingerprint density at radius 3 is 1.32 bits per heavy atom. The Morgan fingerprint density at radius 2 is 1.07 bits per heavy atom. The number of nitrogens with one attached hydrogen (secondary N) is 2. The number of amides is 2. The molecule has 0 aliphatic heterocycles. The van der Waals surface area contributed by atoms with Crippen LogP contribution in [-0.4, -0.2) is 97.4 Å². The van der Waals surface area contributed by atoms with Crippen LogP contribution in [0.2, 0.25) is 0 Å². The maximum absolute atomic E-state index is 12.4. The molecule has 164 valence electrons. The van der Waals surface area contributed by atoms with Crippen LogP contribution in [0.4, 0.5) is 0 Å². The molecule has 1 aliphatic rings. The van der Waals surface area contributed by atoms with Crippen molar-refractivity contribution in [1.82, 2.24) is 20.4 Å². The highest BCUT2D eigenvalue weighted by Crippen LogP contribution is 2.29. The summed E-state index contributed by atoms with van der Waals surface area (Å²) in [7, 11) is 7.51. The predicted octanol–water partition coefficient (Wildman–Crippen LogP) is -0.350. The number of carbonyl (C=O) groups excluding carboxylic acids is 2. The van der Waals surface area contributed by atoms with Crippen molar-refractivity contribution in [2.75, 3.05) is 54.4 Å². The molecule has 4 N–H and O–H groups in total. The third kappa shape index (κ3) is 9.32. The first-order chi connectivity index (χ1) is 12.8. The lowest BCUT2D eigenvalue weighted by Crippen LogP contribution is -2.49. The van der Waals surface area contributed by atoms with Crippen molar-refractivity contribution in [2.45, 2.75) is 50.7 Å². The van der Waals surface area contributed by atoms with E-state index in [9.17, 15) is 19.8 Å². The largest absolute Gasteiger partial charge is 0.387 e. The standard InChI is InChI=1S/C20H40N4O4/c1-19(27,13-23(3)4)11-21-17(25)15-7-9-16(10-8-15)18(26)22-12-20(2,28)14-24(5)6/h15-16,27-28H,7-14H2,1-6H3,(H,21,25)(H,22,26). The number of likely N-dealkylation sites (N-methyl/N-ethyl adjacent to an activating group) is 2. The molecule has 0 aromatic heterocycles. The highest BCUT2D eigenvalue weighted by molar-refractivity contribution is 5.81. The SMILES string of the molecule is CN(C)CC(C)(O)CNC(=O)C1CCC(C(=O)NCC(C)(O)CN(C)C)CC1. The molecule has 1 saturated carbocycles. The van der Waals surface area contributed by atoms with E-state index in [1.165, 1.54) is 0 Å². The molecule has 0 spiro atoms. The first-order valence-corrected chi connectivity index (χ1v) is 10.1. The van der Waals surface area contributed by atoms with Crippen molar-refractivity contribution in [1.29, 1.82) is 0 Å². The Morgan fingerprint density at radius 1 is 0.786 bits per heavy atom. The van der Waals surface area contributed by atoms with E-state index in [0.29, 0.717) is 38.8 Å². The second-order valence-electron chi connectivity index (χ2n) is 9.45. The fourth-order valence-electron chi connectivity index (χ4n) is 3.94. The maximum atomic E-state index is 12.4. The molecule has 8 heteroatoms. The Balaban J connectivity index is 2.37. The Labute approximate surface area is 169 Å². The molecule has 1 aliphatic carbocycles. The minimum Gasteiger partial charge on any atom is -0.387 e. The van der Waals surface area contributed by atoms with E-state index >= 15 is 0 Å². The summed E-state index contributed by atoms with van der Waals surface area (Å²) in [4.78, 5) is 28.5. The van der Waals surface area contributed by atoms with E-state index in [1.807, 2.05) is 38.0 Å². The topological polar surface area (TPSA) is 105 Å². The fraction of sp³-hybridized carbons (Fsp3) is 0.900. The monoisotopic (exact) mass is 400 g/mol. The highest BCUT2D eigenvalue weighted by Gasteiger charge is 2.32. The molecular weight excluding hydrogens is 360 g/mol. The van der Waals surface area contributed by atoms with Gasteiger partial charge in [0.1, 0.15) is 0 Å². The molecule has 2 atom stereocenters. The Hall–Kier alpha value is -1.22. The number of hydrogen-bond acceptors (Lipinski definition) is 6. The van der Waals surface area contributed by atoms with Gasteiger partial charge in [0.2, 0.25) is 11.8 Å². The molecule has 2 unspecified atom stereocenters. The third-order valence-corrected chi connectivity index (χ3v) is 5.07. The van der Waals surface area contributed by atoms with Crippen molar-refractivity contribution < 1.29 is 19.8 Å². The zero-order valence-corrected chi connectivity index (χ0v) is 18.4. The van der Waals surface area contributed by atoms with Crippen molar-refractivity contribution in [3.8, 4) is 0 Å². The van der Waals surface area contributed by atoms with Gasteiger partial charge >= 0.3 is 0 Å². The fourth-order valence-corrected chi connectivity index (χ4v) is 3.94. The molecule has 0 heterocycles. The first kappa shape index (κ1) is 24.8. The second kappa shape index (κ2) is 10.5. The van der Waals surface area contributed by atoms with E-state index in [-0.39, 0.29) is 36.7 Å². The summed E-state index contributed by atoms with van der Waals surface area (Å²) >= 11 is 0. The van der Waals surface area contributed by atoms with Crippen molar-refractivity contribution in [3.63, 3.8) is 0 Å². The summed E-state index contributed by atoms with van der Waals surface area (Å²) in [6, 6.07) is 0. The van der Waals surface area contributed by atoms with Gasteiger partial charge in [-0.25, -0.2) is 0 Å². The Kier molecular flexibility index (Phi) is 9.33. The molecule has 0 bridgehead atoms. The summed E-state index contributed by atoms with van der Waals surface area (Å²) < 4.78 is 0. The van der Waals surface area contributed by atoms with E-state index in [2.05, 4.69) is 10.6 Å². The van der Waals surface area contributed by atoms with Gasteiger partial charge < -0.3 is 30.6 Å². The van der Waals surface area contributed by atoms with Crippen LogP contribution in [0.3, 0.4) is 0 Å². The molecule has 8 nitrogen and oxygen atoms in total. The molecule has 0 aromatic carbocycles. The highest BCUT2D eigenvalue weighted by atomic mass is 16.3. The van der Waals surface area contributed by atoms with Crippen molar-refractivity contribution >= 4 is 11.8 Å². The second-order valence-corrected chi connectivity index (χ2v) is 9.45. The summed E-state index contributed by atoms with van der Waals surface area (Å²) in [5.74, 6) is -0.328. The zero-order chi connectivity index (χ0) is 21.5. The summed E-state index contributed by atoms with van der Waals surface area (Å²) in [5.41, 5.74) is -1.94. The molecule has 0 saturated heterocycles. The van der Waals surface area contributed by atoms with Gasteiger partial charge in [-0.1, -0.05) is 0 Å². The molecule has 1 fully saturated rings. The van der Waals surface area contributed by atoms with Gasteiger partial charge in [-0.2, -0.15) is 0 Å². The number of aliphatic hydroxyl groups is 2. The van der Waals surface area contributed by atoms with Crippen LogP contribution in [0.1, 0.15) is 39.5 Å². The van der Waals surface area contributed by atoms with E-state index in [0.717, 1.165) is 0 Å². The minimum absolute atomic E-state index is 0.0493. The van der Waals surface area contributed by atoms with E-state index < -0.39 is 11.2 Å². The van der Waals surface area contributed by atoms with Gasteiger partial charge in [-0.15, -0.1) is 0 Å². The van der Waals surface area contributed by atoms with E-state index in [4.69, 9.17) is 0 Å².